The van der Waals surface area contributed by atoms with Crippen molar-refractivity contribution in [3.63, 3.8) is 0 Å². The molecule has 35 heavy (non-hydrogen) atoms. The normalized spacial score (nSPS) is 15.0. The molecule has 0 saturated carbocycles. The first-order chi connectivity index (χ1) is 17.0. The van der Waals surface area contributed by atoms with E-state index in [1.807, 2.05) is 45.0 Å². The smallest absolute Gasteiger partial charge is 0.267 e. The lowest BCUT2D eigenvalue weighted by atomic mass is 10.0. The van der Waals surface area contributed by atoms with Gasteiger partial charge in [-0.25, -0.2) is 4.98 Å². The van der Waals surface area contributed by atoms with Crippen molar-refractivity contribution < 1.29 is 9.47 Å². The fourth-order valence-electron chi connectivity index (χ4n) is 4.77. The van der Waals surface area contributed by atoms with Gasteiger partial charge in [0.2, 0.25) is 5.95 Å². The minimum Gasteiger partial charge on any atom is -0.486 e. The average molecular weight is 469 g/mol. The van der Waals surface area contributed by atoms with Gasteiger partial charge in [0.05, 0.1) is 23.0 Å². The third kappa shape index (κ3) is 3.56. The number of para-hydroxylation sites is 2. The van der Waals surface area contributed by atoms with Gasteiger partial charge in [-0.15, -0.1) is 0 Å². The van der Waals surface area contributed by atoms with Gasteiger partial charge in [0.15, 0.2) is 17.1 Å². The maximum absolute atomic E-state index is 13.6. The number of nitrogens with zero attached hydrogens (tertiary/aromatic N) is 4. The molecule has 3 aromatic heterocycles. The first kappa shape index (κ1) is 21.2. The number of aromatic amines is 1. The molecule has 176 valence electrons. The van der Waals surface area contributed by atoms with Crippen LogP contribution >= 0.6 is 0 Å². The maximum Gasteiger partial charge on any atom is 0.267 e. The Bertz CT molecular complexity index is 1630. The van der Waals surface area contributed by atoms with Crippen LogP contribution in [0.1, 0.15) is 16.7 Å². The first-order valence-electron chi connectivity index (χ1n) is 11.5. The largest absolute Gasteiger partial charge is 0.486 e. The number of aryl methyl sites for hydroxylation is 3. The zero-order valence-electron chi connectivity index (χ0n) is 19.6. The molecule has 0 saturated heterocycles. The van der Waals surface area contributed by atoms with Gasteiger partial charge in [-0.2, -0.15) is 10.1 Å². The molecule has 4 heterocycles. The van der Waals surface area contributed by atoms with Crippen LogP contribution in [0, 0.1) is 20.8 Å². The van der Waals surface area contributed by atoms with Crippen LogP contribution in [0.15, 0.2) is 53.6 Å². The molecule has 0 bridgehead atoms. The molecule has 9 nitrogen and oxygen atoms in total. The molecule has 1 atom stereocenters. The Morgan fingerprint density at radius 2 is 1.89 bits per heavy atom. The van der Waals surface area contributed by atoms with Crippen molar-refractivity contribution in [1.29, 1.82) is 0 Å². The van der Waals surface area contributed by atoms with Gasteiger partial charge in [-0.1, -0.05) is 29.8 Å². The first-order valence-corrected chi connectivity index (χ1v) is 11.5. The van der Waals surface area contributed by atoms with Gasteiger partial charge in [0, 0.05) is 12.4 Å². The summed E-state index contributed by atoms with van der Waals surface area (Å²) in [5, 5.41) is 11.5. The number of hydrogen-bond donors (Lipinski definition) is 2. The number of benzene rings is 2. The van der Waals surface area contributed by atoms with Gasteiger partial charge in [0.1, 0.15) is 18.2 Å². The van der Waals surface area contributed by atoms with Gasteiger partial charge >= 0.3 is 0 Å². The van der Waals surface area contributed by atoms with E-state index < -0.39 is 0 Å². The predicted octanol–water partition coefficient (Wildman–Crippen LogP) is 3.83. The number of aromatic nitrogens is 5. The predicted molar refractivity (Wildman–Crippen MR) is 134 cm³/mol. The van der Waals surface area contributed by atoms with Crippen molar-refractivity contribution in [1.82, 2.24) is 24.7 Å². The summed E-state index contributed by atoms with van der Waals surface area (Å²) >= 11 is 0. The highest BCUT2D eigenvalue weighted by atomic mass is 16.6. The summed E-state index contributed by atoms with van der Waals surface area (Å²) in [6.07, 6.45) is 3.12. The molecule has 2 aromatic carbocycles. The highest BCUT2D eigenvalue weighted by Gasteiger charge is 2.22. The summed E-state index contributed by atoms with van der Waals surface area (Å²) in [7, 11) is 0. The van der Waals surface area contributed by atoms with Crippen molar-refractivity contribution in [2.75, 3.05) is 18.5 Å². The van der Waals surface area contributed by atoms with Gasteiger partial charge in [-0.3, -0.25) is 14.5 Å². The number of H-pyrrole nitrogens is 1. The SMILES string of the molecule is Cc1cc(C)c(-n2c(=O)c3c[nH]nc3c3cnc(NC[C@H]4COc5ccccc5O4)nc32)c(C)c1. The second kappa shape index (κ2) is 8.12. The Kier molecular flexibility index (Phi) is 4.91. The van der Waals surface area contributed by atoms with Crippen LogP contribution in [0.25, 0.3) is 27.6 Å². The number of nitrogens with one attached hydrogen (secondary N) is 2. The van der Waals surface area contributed by atoms with Crippen LogP contribution in [0.2, 0.25) is 0 Å². The third-order valence-corrected chi connectivity index (χ3v) is 6.22. The second-order valence-corrected chi connectivity index (χ2v) is 8.84. The minimum absolute atomic E-state index is 0.179. The van der Waals surface area contributed by atoms with Crippen LogP contribution < -0.4 is 20.3 Å². The van der Waals surface area contributed by atoms with Crippen molar-refractivity contribution in [2.45, 2.75) is 26.9 Å². The fraction of sp³-hybridized carbons (Fsp3) is 0.231. The lowest BCUT2D eigenvalue weighted by Gasteiger charge is -2.26. The molecule has 9 heteroatoms. The summed E-state index contributed by atoms with van der Waals surface area (Å²) in [5.41, 5.74) is 4.81. The van der Waals surface area contributed by atoms with Crippen molar-refractivity contribution in [2.24, 2.45) is 0 Å². The van der Waals surface area contributed by atoms with Crippen LogP contribution in [0.4, 0.5) is 5.95 Å². The highest BCUT2D eigenvalue weighted by Crippen LogP contribution is 2.31. The number of fused-ring (bicyclic) bond motifs is 4. The van der Waals surface area contributed by atoms with Gasteiger partial charge in [-0.05, 0) is 44.0 Å². The second-order valence-electron chi connectivity index (χ2n) is 8.84. The highest BCUT2D eigenvalue weighted by molar-refractivity contribution is 6.02. The summed E-state index contributed by atoms with van der Waals surface area (Å²) < 4.78 is 13.5. The fourth-order valence-corrected chi connectivity index (χ4v) is 4.77. The van der Waals surface area contributed by atoms with Crippen LogP contribution in [0.5, 0.6) is 11.5 Å². The molecule has 1 aliphatic heterocycles. The van der Waals surface area contributed by atoms with E-state index in [1.165, 1.54) is 0 Å². The maximum atomic E-state index is 13.6. The summed E-state index contributed by atoms with van der Waals surface area (Å²) in [6, 6.07) is 11.7. The minimum atomic E-state index is -0.207. The molecular formula is C26H24N6O3. The summed E-state index contributed by atoms with van der Waals surface area (Å²) in [6.45, 7) is 6.91. The van der Waals surface area contributed by atoms with E-state index in [1.54, 1.807) is 17.0 Å². The third-order valence-electron chi connectivity index (χ3n) is 6.22. The molecule has 0 spiro atoms. The number of ether oxygens (including phenoxy) is 2. The topological polar surface area (TPSA) is 107 Å². The standard InChI is InChI=1S/C26H24N6O3/c1-14-8-15(2)23(16(3)9-14)32-24-18(22-19(25(32)33)12-29-31-22)11-28-26(30-24)27-10-17-13-34-20-6-4-5-7-21(20)35-17/h4-9,11-12,17H,10,13H2,1-3H3,(H,29,31)(H,27,28,30)/t17-/m0/s1. The van der Waals surface area contributed by atoms with E-state index in [2.05, 4.69) is 32.6 Å². The molecule has 0 unspecified atom stereocenters. The van der Waals surface area contributed by atoms with E-state index in [4.69, 9.17) is 14.5 Å². The van der Waals surface area contributed by atoms with Crippen LogP contribution in [0.3, 0.4) is 0 Å². The van der Waals surface area contributed by atoms with E-state index in [0.717, 1.165) is 28.1 Å². The zero-order valence-corrected chi connectivity index (χ0v) is 19.6. The van der Waals surface area contributed by atoms with Crippen LogP contribution in [-0.2, 0) is 0 Å². The number of hydrogen-bond acceptors (Lipinski definition) is 7. The average Bonchev–Trinajstić information content (AvgIpc) is 3.34. The molecule has 0 fully saturated rings. The Morgan fingerprint density at radius 3 is 2.69 bits per heavy atom. The quantitative estimate of drug-likeness (QED) is 0.413. The molecule has 0 aliphatic carbocycles. The molecule has 0 radical (unpaired) electrons. The lowest BCUT2D eigenvalue weighted by Crippen LogP contribution is -2.35. The zero-order chi connectivity index (χ0) is 24.1. The number of pyridine rings is 1. The van der Waals surface area contributed by atoms with Gasteiger partial charge < -0.3 is 14.8 Å². The molecule has 0 amide bonds. The summed E-state index contributed by atoms with van der Waals surface area (Å²) in [5.74, 6) is 1.84. The Morgan fingerprint density at radius 1 is 1.11 bits per heavy atom. The van der Waals surface area contributed by atoms with Gasteiger partial charge in [0.25, 0.3) is 5.56 Å². The van der Waals surface area contributed by atoms with E-state index >= 15 is 0 Å². The Balaban J connectivity index is 1.42. The van der Waals surface area contributed by atoms with E-state index in [0.29, 0.717) is 46.8 Å². The van der Waals surface area contributed by atoms with Crippen molar-refractivity contribution >= 4 is 27.9 Å². The lowest BCUT2D eigenvalue weighted by molar-refractivity contribution is 0.0996. The molecule has 5 aromatic rings. The monoisotopic (exact) mass is 468 g/mol. The van der Waals surface area contributed by atoms with Crippen molar-refractivity contribution in [3.05, 3.63) is 75.8 Å². The Hall–Kier alpha value is -4.40. The molecule has 2 N–H and O–H groups in total. The van der Waals surface area contributed by atoms with E-state index in [-0.39, 0.29) is 11.7 Å². The molecule has 1 aliphatic rings. The number of anilines is 1. The van der Waals surface area contributed by atoms with Crippen LogP contribution in [-0.4, -0.2) is 44.0 Å². The summed E-state index contributed by atoms with van der Waals surface area (Å²) in [4.78, 5) is 22.9. The number of rotatable bonds is 4. The van der Waals surface area contributed by atoms with Crippen molar-refractivity contribution in [3.8, 4) is 17.2 Å². The van der Waals surface area contributed by atoms with E-state index in [9.17, 15) is 4.79 Å². The molecule has 6 rings (SSSR count). The molecular weight excluding hydrogens is 444 g/mol. The Labute approximate surface area is 200 Å².